The number of nitrogens with one attached hydrogen (secondary N) is 1. The van der Waals surface area contributed by atoms with E-state index in [1.54, 1.807) is 0 Å². The van der Waals surface area contributed by atoms with Gasteiger partial charge in [0.25, 0.3) is 0 Å². The number of nitrogens with zero attached hydrogens (tertiary/aromatic N) is 3. The summed E-state index contributed by atoms with van der Waals surface area (Å²) in [6, 6.07) is 0. The Kier molecular flexibility index (Phi) is 6.26. The number of hydrogen-bond acceptors (Lipinski definition) is 3. The van der Waals surface area contributed by atoms with Gasteiger partial charge in [0.15, 0.2) is 12.8 Å². The molecule has 0 aromatic heterocycles. The minimum Gasteiger partial charge on any atom is -0.304 e. The fraction of sp³-hybridized carbons (Fsp3) is 0.929. The van der Waals surface area contributed by atoms with Gasteiger partial charge in [-0.05, 0) is 27.8 Å². The minimum absolute atomic E-state index is 0.362. The zero-order valence-electron chi connectivity index (χ0n) is 12.9. The Bertz CT molecular complexity index is 259. The lowest BCUT2D eigenvalue weighted by Crippen LogP contribution is -2.52. The van der Waals surface area contributed by atoms with Crippen molar-refractivity contribution in [2.45, 2.75) is 26.3 Å². The molecule has 2 aliphatic rings. The van der Waals surface area contributed by atoms with Crippen molar-refractivity contribution in [3.05, 3.63) is 0 Å². The standard InChI is InChI=1S/C9H20N2.C5H11N2/c1-9(2,3)11-7-5-10(4)6-8-11;1-7-4-2-6-3-5-7/h5-8H2,1-4H3;4,6H,2-3,5H2,1H3/q;+1. The molecule has 4 nitrogen and oxygen atoms in total. The molecule has 0 aromatic rings. The maximum absolute atomic E-state index is 3.22. The van der Waals surface area contributed by atoms with E-state index < -0.39 is 0 Å². The van der Waals surface area contributed by atoms with E-state index in [-0.39, 0.29) is 0 Å². The van der Waals surface area contributed by atoms with Crippen molar-refractivity contribution in [1.82, 2.24) is 15.1 Å². The highest BCUT2D eigenvalue weighted by atomic mass is 15.3. The highest BCUT2D eigenvalue weighted by Crippen LogP contribution is 2.14. The molecule has 0 unspecified atom stereocenters. The molecule has 0 atom stereocenters. The summed E-state index contributed by atoms with van der Waals surface area (Å²) < 4.78 is 2.20. The molecule has 0 radical (unpaired) electrons. The van der Waals surface area contributed by atoms with Gasteiger partial charge in [0.1, 0.15) is 7.05 Å². The fourth-order valence-corrected chi connectivity index (χ4v) is 2.15. The number of rotatable bonds is 0. The van der Waals surface area contributed by atoms with Gasteiger partial charge in [0.2, 0.25) is 0 Å². The molecule has 4 heteroatoms. The maximum Gasteiger partial charge on any atom is 0.154 e. The molecule has 2 aliphatic heterocycles. The Hall–Kier alpha value is -0.450. The molecule has 2 heterocycles. The highest BCUT2D eigenvalue weighted by molar-refractivity contribution is 5.54. The third kappa shape index (κ3) is 5.94. The first-order valence-electron chi connectivity index (χ1n) is 7.07. The van der Waals surface area contributed by atoms with Crippen molar-refractivity contribution < 1.29 is 4.58 Å². The molecule has 0 aromatic carbocycles. The average molecular weight is 255 g/mol. The average Bonchev–Trinajstić information content (AvgIpc) is 2.30. The van der Waals surface area contributed by atoms with Crippen LogP contribution < -0.4 is 5.32 Å². The molecule has 0 aliphatic carbocycles. The van der Waals surface area contributed by atoms with E-state index in [2.05, 4.69) is 60.8 Å². The molecule has 1 saturated heterocycles. The van der Waals surface area contributed by atoms with Gasteiger partial charge < -0.3 is 10.2 Å². The van der Waals surface area contributed by atoms with E-state index in [0.717, 1.165) is 19.6 Å². The number of piperazine rings is 1. The summed E-state index contributed by atoms with van der Waals surface area (Å²) in [5.41, 5.74) is 0.362. The second kappa shape index (κ2) is 7.22. The molecule has 106 valence electrons. The van der Waals surface area contributed by atoms with Crippen molar-refractivity contribution >= 4 is 6.21 Å². The van der Waals surface area contributed by atoms with Gasteiger partial charge in [-0.1, -0.05) is 0 Å². The van der Waals surface area contributed by atoms with Crippen LogP contribution in [-0.2, 0) is 0 Å². The maximum atomic E-state index is 3.22. The highest BCUT2D eigenvalue weighted by Gasteiger charge is 2.23. The Labute approximate surface area is 113 Å². The second-order valence-electron chi connectivity index (χ2n) is 6.33. The van der Waals surface area contributed by atoms with E-state index in [4.69, 9.17) is 0 Å². The van der Waals surface area contributed by atoms with Gasteiger partial charge in [-0.25, -0.2) is 4.58 Å². The Morgan fingerprint density at radius 3 is 2.06 bits per heavy atom. The van der Waals surface area contributed by atoms with Crippen molar-refractivity contribution in [2.24, 2.45) is 0 Å². The molecule has 1 fully saturated rings. The van der Waals surface area contributed by atoms with Gasteiger partial charge in [-0.2, -0.15) is 0 Å². The second-order valence-corrected chi connectivity index (χ2v) is 6.33. The van der Waals surface area contributed by atoms with Crippen molar-refractivity contribution in [2.75, 3.05) is 59.9 Å². The molecular formula is C14H31N4+. The lowest BCUT2D eigenvalue weighted by molar-refractivity contribution is -0.494. The molecule has 18 heavy (non-hydrogen) atoms. The molecule has 0 bridgehead atoms. The topological polar surface area (TPSA) is 21.5 Å². The molecular weight excluding hydrogens is 224 g/mol. The van der Waals surface area contributed by atoms with Crippen LogP contribution in [0.25, 0.3) is 0 Å². The first-order valence-corrected chi connectivity index (χ1v) is 7.07. The van der Waals surface area contributed by atoms with Gasteiger partial charge in [-0.3, -0.25) is 4.90 Å². The van der Waals surface area contributed by atoms with Crippen LogP contribution in [-0.4, -0.2) is 86.0 Å². The van der Waals surface area contributed by atoms with Crippen LogP contribution in [0.3, 0.4) is 0 Å². The first-order chi connectivity index (χ1) is 8.39. The summed E-state index contributed by atoms with van der Waals surface area (Å²) in [5, 5.41) is 3.22. The Morgan fingerprint density at radius 1 is 1.11 bits per heavy atom. The quantitative estimate of drug-likeness (QED) is 0.631. The monoisotopic (exact) mass is 255 g/mol. The van der Waals surface area contributed by atoms with Gasteiger partial charge in [0, 0.05) is 31.7 Å². The van der Waals surface area contributed by atoms with E-state index in [1.807, 2.05) is 0 Å². The fourth-order valence-electron chi connectivity index (χ4n) is 2.15. The van der Waals surface area contributed by atoms with Gasteiger partial charge >= 0.3 is 0 Å². The number of likely N-dealkylation sites (N-methyl/N-ethyl adjacent to an activating group) is 2. The van der Waals surface area contributed by atoms with Crippen LogP contribution in [0.15, 0.2) is 0 Å². The Balaban J connectivity index is 0.000000199. The molecule has 0 saturated carbocycles. The van der Waals surface area contributed by atoms with E-state index in [1.165, 1.54) is 26.2 Å². The third-order valence-corrected chi connectivity index (χ3v) is 3.64. The zero-order valence-corrected chi connectivity index (χ0v) is 12.9. The van der Waals surface area contributed by atoms with Crippen molar-refractivity contribution in [3.63, 3.8) is 0 Å². The summed E-state index contributed by atoms with van der Waals surface area (Å²) in [6.07, 6.45) is 2.16. The van der Waals surface area contributed by atoms with Crippen molar-refractivity contribution in [1.29, 1.82) is 0 Å². The van der Waals surface area contributed by atoms with Crippen molar-refractivity contribution in [3.8, 4) is 0 Å². The summed E-state index contributed by atoms with van der Waals surface area (Å²) in [7, 11) is 4.29. The molecule has 1 N–H and O–H groups in total. The third-order valence-electron chi connectivity index (χ3n) is 3.64. The lowest BCUT2D eigenvalue weighted by atomic mass is 10.1. The van der Waals surface area contributed by atoms with Crippen LogP contribution in [0.5, 0.6) is 0 Å². The van der Waals surface area contributed by atoms with Gasteiger partial charge in [-0.15, -0.1) is 0 Å². The number of hydrogen-bond donors (Lipinski definition) is 1. The summed E-state index contributed by atoms with van der Waals surface area (Å²) >= 11 is 0. The minimum atomic E-state index is 0.362. The van der Waals surface area contributed by atoms with E-state index in [0.29, 0.717) is 5.54 Å². The molecule has 0 amide bonds. The largest absolute Gasteiger partial charge is 0.304 e. The lowest BCUT2D eigenvalue weighted by Gasteiger charge is -2.41. The predicted octanol–water partition coefficient (Wildman–Crippen LogP) is 0.335. The summed E-state index contributed by atoms with van der Waals surface area (Å²) in [4.78, 5) is 4.94. The van der Waals surface area contributed by atoms with E-state index in [9.17, 15) is 0 Å². The molecule has 2 rings (SSSR count). The smallest absolute Gasteiger partial charge is 0.154 e. The normalized spacial score (nSPS) is 23.1. The molecule has 0 spiro atoms. The van der Waals surface area contributed by atoms with Crippen LogP contribution in [0.4, 0.5) is 0 Å². The SMILES string of the molecule is CN1CCN(C(C)(C)C)CC1.C[N+]1=CCNCC1. The predicted molar refractivity (Wildman–Crippen MR) is 78.8 cm³/mol. The van der Waals surface area contributed by atoms with Crippen LogP contribution in [0, 0.1) is 0 Å². The summed E-state index contributed by atoms with van der Waals surface area (Å²) in [5.74, 6) is 0. The van der Waals surface area contributed by atoms with Gasteiger partial charge in [0.05, 0.1) is 13.1 Å². The Morgan fingerprint density at radius 2 is 1.72 bits per heavy atom. The van der Waals surface area contributed by atoms with E-state index >= 15 is 0 Å². The zero-order chi connectivity index (χ0) is 13.6. The van der Waals surface area contributed by atoms with Crippen LogP contribution in [0.2, 0.25) is 0 Å². The van der Waals surface area contributed by atoms with Crippen LogP contribution in [0.1, 0.15) is 20.8 Å². The first kappa shape index (κ1) is 15.6. The summed E-state index contributed by atoms with van der Waals surface area (Å²) in [6.45, 7) is 15.1. The van der Waals surface area contributed by atoms with Crippen LogP contribution >= 0.6 is 0 Å².